The van der Waals surface area contributed by atoms with Gasteiger partial charge in [0, 0.05) is 5.54 Å². The average Bonchev–Trinajstić information content (AvgIpc) is 2.56. The summed E-state index contributed by atoms with van der Waals surface area (Å²) in [5, 5.41) is 9.19. The number of nitrogens with two attached hydrogens (primary N) is 1. The highest BCUT2D eigenvalue weighted by Gasteiger charge is 2.16. The zero-order chi connectivity index (χ0) is 17.0. The van der Waals surface area contributed by atoms with E-state index in [1.165, 1.54) is 68.9 Å². The quantitative estimate of drug-likeness (QED) is 0.463. The first-order valence-electron chi connectivity index (χ1n) is 9.55. The zero-order valence-electron chi connectivity index (χ0n) is 15.7. The summed E-state index contributed by atoms with van der Waals surface area (Å²) in [5.41, 5.74) is 8.27. The molecular formula is C21H38ClNO. The van der Waals surface area contributed by atoms with Crippen LogP contribution in [0.25, 0.3) is 0 Å². The fourth-order valence-corrected chi connectivity index (χ4v) is 2.84. The van der Waals surface area contributed by atoms with Gasteiger partial charge >= 0.3 is 0 Å². The van der Waals surface area contributed by atoms with Crippen molar-refractivity contribution < 1.29 is 5.11 Å². The molecule has 3 heteroatoms. The highest BCUT2D eigenvalue weighted by Crippen LogP contribution is 2.15. The minimum Gasteiger partial charge on any atom is -0.394 e. The van der Waals surface area contributed by atoms with Crippen LogP contribution in [-0.2, 0) is 12.8 Å². The van der Waals surface area contributed by atoms with Gasteiger partial charge in [-0.25, -0.2) is 0 Å². The molecule has 24 heavy (non-hydrogen) atoms. The molecule has 0 saturated carbocycles. The Labute approximate surface area is 155 Å². The summed E-state index contributed by atoms with van der Waals surface area (Å²) in [5.74, 6) is 0. The predicted molar refractivity (Wildman–Crippen MR) is 108 cm³/mol. The maximum Gasteiger partial charge on any atom is 0.0608 e. The van der Waals surface area contributed by atoms with Crippen molar-refractivity contribution in [1.29, 1.82) is 0 Å². The monoisotopic (exact) mass is 355 g/mol. The maximum atomic E-state index is 9.19. The third kappa shape index (κ3) is 11.1. The van der Waals surface area contributed by atoms with Crippen molar-refractivity contribution in [2.45, 2.75) is 90.0 Å². The minimum atomic E-state index is -0.462. The second-order valence-corrected chi connectivity index (χ2v) is 7.35. The number of halogens is 1. The van der Waals surface area contributed by atoms with Gasteiger partial charge in [0.25, 0.3) is 0 Å². The number of hydrogen-bond donors (Lipinski definition) is 2. The summed E-state index contributed by atoms with van der Waals surface area (Å²) >= 11 is 0. The van der Waals surface area contributed by atoms with Crippen molar-refractivity contribution in [3.63, 3.8) is 0 Å². The molecular weight excluding hydrogens is 318 g/mol. The van der Waals surface area contributed by atoms with Gasteiger partial charge in [-0.05, 0) is 43.7 Å². The minimum absolute atomic E-state index is 0. The van der Waals surface area contributed by atoms with Gasteiger partial charge in [-0.3, -0.25) is 0 Å². The normalized spacial score (nSPS) is 13.3. The number of aryl methyl sites for hydroxylation is 2. The third-order valence-electron chi connectivity index (χ3n) is 4.69. The van der Waals surface area contributed by atoms with Crippen LogP contribution < -0.4 is 5.73 Å². The van der Waals surface area contributed by atoms with E-state index in [0.717, 1.165) is 12.8 Å². The number of hydrogen-bond acceptors (Lipinski definition) is 2. The number of aliphatic hydroxyl groups excluding tert-OH is 1. The van der Waals surface area contributed by atoms with Gasteiger partial charge in [-0.15, -0.1) is 12.4 Å². The second-order valence-electron chi connectivity index (χ2n) is 7.35. The van der Waals surface area contributed by atoms with Crippen LogP contribution in [0.2, 0.25) is 0 Å². The standard InChI is InChI=1S/C21H37NO.ClH/c1-3-4-5-6-7-8-9-10-11-19-12-14-20(15-13-19)16-17-21(2,22)18-23;/h12-15,23H,3-11,16-18,22H2,1-2H3;1H. The lowest BCUT2D eigenvalue weighted by Crippen LogP contribution is -2.40. The van der Waals surface area contributed by atoms with Crippen LogP contribution in [0, 0.1) is 0 Å². The summed E-state index contributed by atoms with van der Waals surface area (Å²) in [4.78, 5) is 0. The Morgan fingerprint density at radius 1 is 0.833 bits per heavy atom. The smallest absolute Gasteiger partial charge is 0.0608 e. The molecule has 2 nitrogen and oxygen atoms in total. The average molecular weight is 356 g/mol. The van der Waals surface area contributed by atoms with Crippen LogP contribution >= 0.6 is 12.4 Å². The topological polar surface area (TPSA) is 46.2 Å². The van der Waals surface area contributed by atoms with E-state index in [9.17, 15) is 5.11 Å². The Morgan fingerprint density at radius 2 is 1.29 bits per heavy atom. The molecule has 0 saturated heterocycles. The SMILES string of the molecule is CCCCCCCCCCc1ccc(CCC(C)(N)CO)cc1.Cl. The lowest BCUT2D eigenvalue weighted by molar-refractivity contribution is 0.200. The van der Waals surface area contributed by atoms with Gasteiger partial charge in [0.1, 0.15) is 0 Å². The van der Waals surface area contributed by atoms with E-state index in [-0.39, 0.29) is 19.0 Å². The van der Waals surface area contributed by atoms with Crippen molar-refractivity contribution in [3.05, 3.63) is 35.4 Å². The first-order chi connectivity index (χ1) is 11.1. The summed E-state index contributed by atoms with van der Waals surface area (Å²) in [6, 6.07) is 8.94. The van der Waals surface area contributed by atoms with Crippen LogP contribution in [0.4, 0.5) is 0 Å². The fraction of sp³-hybridized carbons (Fsp3) is 0.714. The van der Waals surface area contributed by atoms with Gasteiger partial charge in [-0.1, -0.05) is 76.1 Å². The molecule has 3 N–H and O–H groups in total. The molecule has 0 amide bonds. The van der Waals surface area contributed by atoms with E-state index < -0.39 is 5.54 Å². The first-order valence-corrected chi connectivity index (χ1v) is 9.55. The molecule has 1 aromatic rings. The highest BCUT2D eigenvalue weighted by atomic mass is 35.5. The molecule has 0 aliphatic heterocycles. The van der Waals surface area contributed by atoms with Crippen molar-refractivity contribution in [3.8, 4) is 0 Å². The van der Waals surface area contributed by atoms with E-state index in [1.807, 2.05) is 6.92 Å². The van der Waals surface area contributed by atoms with Crippen LogP contribution in [0.5, 0.6) is 0 Å². The van der Waals surface area contributed by atoms with E-state index in [1.54, 1.807) is 0 Å². The molecule has 1 atom stereocenters. The van der Waals surface area contributed by atoms with E-state index in [2.05, 4.69) is 31.2 Å². The molecule has 0 radical (unpaired) electrons. The molecule has 0 aliphatic rings. The van der Waals surface area contributed by atoms with Crippen LogP contribution in [0.15, 0.2) is 24.3 Å². The summed E-state index contributed by atoms with van der Waals surface area (Å²) in [7, 11) is 0. The predicted octanol–water partition coefficient (Wildman–Crippen LogP) is 5.43. The highest BCUT2D eigenvalue weighted by molar-refractivity contribution is 5.85. The Balaban J connectivity index is 0.00000529. The number of benzene rings is 1. The molecule has 0 aliphatic carbocycles. The first kappa shape index (κ1) is 23.4. The fourth-order valence-electron chi connectivity index (χ4n) is 2.84. The van der Waals surface area contributed by atoms with E-state index in [0.29, 0.717) is 0 Å². The Hall–Kier alpha value is -0.570. The summed E-state index contributed by atoms with van der Waals surface area (Å²) in [6.07, 6.45) is 14.0. The third-order valence-corrected chi connectivity index (χ3v) is 4.69. The summed E-state index contributed by atoms with van der Waals surface area (Å²) in [6.45, 7) is 4.22. The molecule has 0 spiro atoms. The zero-order valence-corrected chi connectivity index (χ0v) is 16.5. The largest absolute Gasteiger partial charge is 0.394 e. The molecule has 0 fully saturated rings. The lowest BCUT2D eigenvalue weighted by atomic mass is 9.94. The lowest BCUT2D eigenvalue weighted by Gasteiger charge is -2.21. The van der Waals surface area contributed by atoms with Crippen molar-refractivity contribution in [2.24, 2.45) is 5.73 Å². The molecule has 0 bridgehead atoms. The van der Waals surface area contributed by atoms with Crippen LogP contribution in [0.3, 0.4) is 0 Å². The van der Waals surface area contributed by atoms with E-state index in [4.69, 9.17) is 5.73 Å². The number of rotatable bonds is 13. The molecule has 0 heterocycles. The number of unbranched alkanes of at least 4 members (excludes halogenated alkanes) is 7. The van der Waals surface area contributed by atoms with Gasteiger partial charge < -0.3 is 10.8 Å². The van der Waals surface area contributed by atoms with Crippen molar-refractivity contribution >= 4 is 12.4 Å². The van der Waals surface area contributed by atoms with Crippen LogP contribution in [-0.4, -0.2) is 17.3 Å². The molecule has 1 aromatic carbocycles. The van der Waals surface area contributed by atoms with Gasteiger partial charge in [0.05, 0.1) is 6.61 Å². The van der Waals surface area contributed by atoms with E-state index >= 15 is 0 Å². The molecule has 1 rings (SSSR count). The van der Waals surface area contributed by atoms with Gasteiger partial charge in [-0.2, -0.15) is 0 Å². The van der Waals surface area contributed by atoms with Crippen molar-refractivity contribution in [2.75, 3.05) is 6.61 Å². The van der Waals surface area contributed by atoms with Gasteiger partial charge in [0.15, 0.2) is 0 Å². The maximum absolute atomic E-state index is 9.19. The Kier molecular flexibility index (Phi) is 13.4. The Morgan fingerprint density at radius 3 is 1.79 bits per heavy atom. The summed E-state index contributed by atoms with van der Waals surface area (Å²) < 4.78 is 0. The Bertz CT molecular complexity index is 403. The molecule has 140 valence electrons. The molecule has 1 unspecified atom stereocenters. The molecule has 0 aromatic heterocycles. The number of aliphatic hydroxyl groups is 1. The second kappa shape index (κ2) is 13.7. The van der Waals surface area contributed by atoms with Crippen molar-refractivity contribution in [1.82, 2.24) is 0 Å². The van der Waals surface area contributed by atoms with Crippen LogP contribution in [0.1, 0.15) is 82.8 Å². The van der Waals surface area contributed by atoms with Gasteiger partial charge in [0.2, 0.25) is 0 Å².